The molecule has 0 amide bonds. The average molecular weight is 211 g/mol. The number of fused-ring (bicyclic) bond motifs is 1. The van der Waals surface area contributed by atoms with Gasteiger partial charge in [0, 0.05) is 23.3 Å². The lowest BCUT2D eigenvalue weighted by Crippen LogP contribution is -2.07. The SMILES string of the molecule is CC.Cc1c(C(C)N)nc2sccn12. The maximum atomic E-state index is 5.77. The molecule has 0 aliphatic rings. The summed E-state index contributed by atoms with van der Waals surface area (Å²) in [5.74, 6) is 0. The molecule has 4 heteroatoms. The second-order valence-corrected chi connectivity index (χ2v) is 3.80. The summed E-state index contributed by atoms with van der Waals surface area (Å²) in [7, 11) is 0. The Balaban J connectivity index is 0.000000461. The Labute approximate surface area is 88.6 Å². The van der Waals surface area contributed by atoms with E-state index in [2.05, 4.69) is 9.38 Å². The fourth-order valence-corrected chi connectivity index (χ4v) is 2.11. The quantitative estimate of drug-likeness (QED) is 0.788. The van der Waals surface area contributed by atoms with Crippen LogP contribution in [0.5, 0.6) is 0 Å². The van der Waals surface area contributed by atoms with Gasteiger partial charge in [0.15, 0.2) is 4.96 Å². The van der Waals surface area contributed by atoms with Crippen LogP contribution in [0.4, 0.5) is 0 Å². The van der Waals surface area contributed by atoms with E-state index in [0.717, 1.165) is 16.3 Å². The molecule has 3 nitrogen and oxygen atoms in total. The van der Waals surface area contributed by atoms with Crippen LogP contribution in [-0.4, -0.2) is 9.38 Å². The summed E-state index contributed by atoms with van der Waals surface area (Å²) in [6, 6.07) is 0.0251. The zero-order chi connectivity index (χ0) is 10.7. The van der Waals surface area contributed by atoms with Gasteiger partial charge in [-0.2, -0.15) is 0 Å². The van der Waals surface area contributed by atoms with E-state index in [1.807, 2.05) is 39.3 Å². The number of rotatable bonds is 1. The van der Waals surface area contributed by atoms with Gasteiger partial charge in [-0.15, -0.1) is 11.3 Å². The van der Waals surface area contributed by atoms with Gasteiger partial charge in [-0.25, -0.2) is 4.98 Å². The minimum atomic E-state index is 0.0251. The third-order valence-corrected chi connectivity index (χ3v) is 2.73. The number of nitrogens with zero attached hydrogens (tertiary/aromatic N) is 2. The van der Waals surface area contributed by atoms with Gasteiger partial charge in [0.1, 0.15) is 0 Å². The Hall–Kier alpha value is -0.870. The van der Waals surface area contributed by atoms with Crippen molar-refractivity contribution < 1.29 is 0 Å². The van der Waals surface area contributed by atoms with Crippen molar-refractivity contribution in [3.05, 3.63) is 23.0 Å². The van der Waals surface area contributed by atoms with E-state index in [0.29, 0.717) is 0 Å². The molecule has 0 spiro atoms. The van der Waals surface area contributed by atoms with Crippen LogP contribution in [0.1, 0.15) is 38.2 Å². The maximum Gasteiger partial charge on any atom is 0.194 e. The van der Waals surface area contributed by atoms with Crippen LogP contribution in [0.25, 0.3) is 4.96 Å². The molecular weight excluding hydrogens is 194 g/mol. The molecule has 1 atom stereocenters. The van der Waals surface area contributed by atoms with E-state index in [1.54, 1.807) is 11.3 Å². The fourth-order valence-electron chi connectivity index (χ4n) is 1.35. The van der Waals surface area contributed by atoms with Gasteiger partial charge in [-0.05, 0) is 13.8 Å². The number of aromatic nitrogens is 2. The number of aryl methyl sites for hydroxylation is 1. The first kappa shape index (κ1) is 11.2. The molecule has 0 saturated carbocycles. The van der Waals surface area contributed by atoms with Crippen molar-refractivity contribution in [2.75, 3.05) is 0 Å². The summed E-state index contributed by atoms with van der Waals surface area (Å²) in [6.07, 6.45) is 2.02. The largest absolute Gasteiger partial charge is 0.323 e. The minimum Gasteiger partial charge on any atom is -0.323 e. The average Bonchev–Trinajstić information content (AvgIpc) is 2.72. The van der Waals surface area contributed by atoms with Crippen molar-refractivity contribution in [3.63, 3.8) is 0 Å². The van der Waals surface area contributed by atoms with Crippen LogP contribution in [-0.2, 0) is 0 Å². The van der Waals surface area contributed by atoms with E-state index >= 15 is 0 Å². The molecule has 2 rings (SSSR count). The van der Waals surface area contributed by atoms with Crippen molar-refractivity contribution in [2.24, 2.45) is 5.73 Å². The number of imidazole rings is 1. The molecule has 2 heterocycles. The highest BCUT2D eigenvalue weighted by Crippen LogP contribution is 2.19. The summed E-state index contributed by atoms with van der Waals surface area (Å²) >= 11 is 1.64. The van der Waals surface area contributed by atoms with E-state index < -0.39 is 0 Å². The van der Waals surface area contributed by atoms with Crippen molar-refractivity contribution in [1.29, 1.82) is 0 Å². The molecule has 1 unspecified atom stereocenters. The number of hydrogen-bond acceptors (Lipinski definition) is 3. The van der Waals surface area contributed by atoms with Crippen molar-refractivity contribution in [1.82, 2.24) is 9.38 Å². The highest BCUT2D eigenvalue weighted by Gasteiger charge is 2.11. The van der Waals surface area contributed by atoms with E-state index in [1.165, 1.54) is 0 Å². The smallest absolute Gasteiger partial charge is 0.194 e. The molecule has 0 bridgehead atoms. The first-order chi connectivity index (χ1) is 6.70. The molecule has 0 radical (unpaired) electrons. The van der Waals surface area contributed by atoms with Crippen molar-refractivity contribution in [2.45, 2.75) is 33.7 Å². The van der Waals surface area contributed by atoms with Gasteiger partial charge in [-0.1, -0.05) is 13.8 Å². The standard InChI is InChI=1S/C8H11N3S.C2H6/c1-5(9)7-6(2)11-3-4-12-8(11)10-7;1-2/h3-5H,9H2,1-2H3;1-2H3. The van der Waals surface area contributed by atoms with Crippen LogP contribution < -0.4 is 5.73 Å². The summed E-state index contributed by atoms with van der Waals surface area (Å²) in [5, 5.41) is 2.03. The summed E-state index contributed by atoms with van der Waals surface area (Å²) in [5.41, 5.74) is 7.92. The normalized spacial score (nSPS) is 12.4. The summed E-state index contributed by atoms with van der Waals surface area (Å²) in [4.78, 5) is 5.46. The predicted octanol–water partition coefficient (Wildman–Crippen LogP) is 2.75. The minimum absolute atomic E-state index is 0.0251. The fraction of sp³-hybridized carbons (Fsp3) is 0.500. The zero-order valence-electron chi connectivity index (χ0n) is 9.11. The third-order valence-electron chi connectivity index (χ3n) is 1.97. The van der Waals surface area contributed by atoms with Gasteiger partial charge >= 0.3 is 0 Å². The summed E-state index contributed by atoms with van der Waals surface area (Å²) in [6.45, 7) is 8.00. The predicted molar refractivity (Wildman–Crippen MR) is 61.8 cm³/mol. The molecule has 0 saturated heterocycles. The number of hydrogen-bond donors (Lipinski definition) is 1. The molecule has 0 aliphatic heterocycles. The van der Waals surface area contributed by atoms with Crippen molar-refractivity contribution >= 4 is 16.3 Å². The highest BCUT2D eigenvalue weighted by molar-refractivity contribution is 7.15. The van der Waals surface area contributed by atoms with Crippen LogP contribution in [0.3, 0.4) is 0 Å². The van der Waals surface area contributed by atoms with Crippen LogP contribution in [0, 0.1) is 6.92 Å². The molecule has 0 aliphatic carbocycles. The molecule has 0 fully saturated rings. The molecule has 2 N–H and O–H groups in total. The Morgan fingerprint density at radius 1 is 1.50 bits per heavy atom. The van der Waals surface area contributed by atoms with Gasteiger partial charge < -0.3 is 5.73 Å². The highest BCUT2D eigenvalue weighted by atomic mass is 32.1. The lowest BCUT2D eigenvalue weighted by Gasteiger charge is -2.00. The third kappa shape index (κ3) is 1.81. The van der Waals surface area contributed by atoms with E-state index in [-0.39, 0.29) is 6.04 Å². The van der Waals surface area contributed by atoms with Crippen LogP contribution in [0.2, 0.25) is 0 Å². The van der Waals surface area contributed by atoms with Gasteiger partial charge in [-0.3, -0.25) is 4.40 Å². The lowest BCUT2D eigenvalue weighted by atomic mass is 10.2. The van der Waals surface area contributed by atoms with Crippen LogP contribution in [0.15, 0.2) is 11.6 Å². The second-order valence-electron chi connectivity index (χ2n) is 2.93. The van der Waals surface area contributed by atoms with Gasteiger partial charge in [0.25, 0.3) is 0 Å². The van der Waals surface area contributed by atoms with Crippen molar-refractivity contribution in [3.8, 4) is 0 Å². The Bertz CT molecular complexity index is 400. The van der Waals surface area contributed by atoms with E-state index in [4.69, 9.17) is 5.73 Å². The monoisotopic (exact) mass is 211 g/mol. The molecule has 0 aromatic carbocycles. The Morgan fingerprint density at radius 2 is 2.14 bits per heavy atom. The summed E-state index contributed by atoms with van der Waals surface area (Å²) < 4.78 is 2.07. The topological polar surface area (TPSA) is 43.3 Å². The Morgan fingerprint density at radius 3 is 2.64 bits per heavy atom. The molecule has 14 heavy (non-hydrogen) atoms. The lowest BCUT2D eigenvalue weighted by molar-refractivity contribution is 0.780. The number of thiazole rings is 1. The maximum absolute atomic E-state index is 5.77. The first-order valence-electron chi connectivity index (χ1n) is 4.88. The van der Waals surface area contributed by atoms with Crippen LogP contribution >= 0.6 is 11.3 Å². The number of nitrogens with two attached hydrogens (primary N) is 1. The van der Waals surface area contributed by atoms with Gasteiger partial charge in [0.2, 0.25) is 0 Å². The first-order valence-corrected chi connectivity index (χ1v) is 5.75. The second kappa shape index (κ2) is 4.57. The van der Waals surface area contributed by atoms with E-state index in [9.17, 15) is 0 Å². The zero-order valence-corrected chi connectivity index (χ0v) is 9.93. The molecular formula is C10H17N3S. The van der Waals surface area contributed by atoms with Gasteiger partial charge in [0.05, 0.1) is 5.69 Å². The molecule has 2 aromatic rings. The molecule has 78 valence electrons. The molecule has 2 aromatic heterocycles. The Kier molecular flexibility index (Phi) is 3.66.